The fraction of sp³-hybridized carbons (Fsp3) is 0.375. The SMILES string of the molecule is Cl.NCc1nc(-c2ccc(NC(=O)C3CC(=O)N(CC(F)(F)F)C3)cc2)n[nH]1. The maximum atomic E-state index is 12.4. The van der Waals surface area contributed by atoms with E-state index in [1.807, 2.05) is 0 Å². The molecule has 0 spiro atoms. The fourth-order valence-electron chi connectivity index (χ4n) is 2.78. The average Bonchev–Trinajstić information content (AvgIpc) is 3.21. The second kappa shape index (κ2) is 8.57. The first-order chi connectivity index (χ1) is 12.7. The standard InChI is InChI=1S/C16H17F3N6O2.ClH/c17-16(18,19)8-25-7-10(5-13(25)26)15(27)21-11-3-1-9(2-4-11)14-22-12(6-20)23-24-14;/h1-4,10H,5-8,20H2,(H,21,27)(H,22,23,24);1H. The van der Waals surface area contributed by atoms with Crippen molar-refractivity contribution in [3.8, 4) is 11.4 Å². The van der Waals surface area contributed by atoms with Gasteiger partial charge in [-0.3, -0.25) is 14.7 Å². The minimum absolute atomic E-state index is 0. The smallest absolute Gasteiger partial charge is 0.333 e. The number of carbonyl (C=O) groups excluding carboxylic acids is 2. The number of halogens is 4. The third-order valence-corrected chi connectivity index (χ3v) is 4.09. The molecule has 2 amide bonds. The van der Waals surface area contributed by atoms with Crippen LogP contribution in [0.1, 0.15) is 12.2 Å². The van der Waals surface area contributed by atoms with Crippen LogP contribution in [0, 0.1) is 5.92 Å². The molecule has 0 radical (unpaired) electrons. The maximum absolute atomic E-state index is 12.4. The van der Waals surface area contributed by atoms with Crippen molar-refractivity contribution in [3.05, 3.63) is 30.1 Å². The average molecular weight is 419 g/mol. The summed E-state index contributed by atoms with van der Waals surface area (Å²) in [7, 11) is 0. The highest BCUT2D eigenvalue weighted by molar-refractivity contribution is 5.97. The number of amides is 2. The molecule has 1 atom stereocenters. The summed E-state index contributed by atoms with van der Waals surface area (Å²) >= 11 is 0. The van der Waals surface area contributed by atoms with Crippen LogP contribution in [0.2, 0.25) is 0 Å². The predicted octanol–water partition coefficient (Wildman–Crippen LogP) is 1.70. The largest absolute Gasteiger partial charge is 0.406 e. The zero-order valence-electron chi connectivity index (χ0n) is 14.5. The van der Waals surface area contributed by atoms with Gasteiger partial charge in [0.15, 0.2) is 5.82 Å². The summed E-state index contributed by atoms with van der Waals surface area (Å²) in [6, 6.07) is 6.62. The molecular formula is C16H18ClF3N6O2. The van der Waals surface area contributed by atoms with Crippen LogP contribution in [0.4, 0.5) is 18.9 Å². The zero-order chi connectivity index (χ0) is 19.6. The fourth-order valence-corrected chi connectivity index (χ4v) is 2.78. The van der Waals surface area contributed by atoms with Crippen LogP contribution in [-0.4, -0.2) is 51.2 Å². The molecule has 1 saturated heterocycles. The Hall–Kier alpha value is -2.66. The molecule has 1 fully saturated rings. The minimum atomic E-state index is -4.49. The van der Waals surface area contributed by atoms with Gasteiger partial charge < -0.3 is 16.0 Å². The lowest BCUT2D eigenvalue weighted by Gasteiger charge is -2.18. The number of aromatic nitrogens is 3. The van der Waals surface area contributed by atoms with Gasteiger partial charge in [-0.1, -0.05) is 0 Å². The molecule has 1 unspecified atom stereocenters. The number of hydrogen-bond acceptors (Lipinski definition) is 5. The minimum Gasteiger partial charge on any atom is -0.333 e. The quantitative estimate of drug-likeness (QED) is 0.683. The van der Waals surface area contributed by atoms with E-state index in [0.29, 0.717) is 27.8 Å². The summed E-state index contributed by atoms with van der Waals surface area (Å²) in [6.07, 6.45) is -4.72. The summed E-state index contributed by atoms with van der Waals surface area (Å²) in [4.78, 5) is 28.8. The van der Waals surface area contributed by atoms with Crippen LogP contribution >= 0.6 is 12.4 Å². The van der Waals surface area contributed by atoms with Gasteiger partial charge in [0.25, 0.3) is 0 Å². The number of aromatic amines is 1. The van der Waals surface area contributed by atoms with Gasteiger partial charge in [-0.15, -0.1) is 12.4 Å². The summed E-state index contributed by atoms with van der Waals surface area (Å²) in [5, 5.41) is 9.32. The number of H-pyrrole nitrogens is 1. The molecule has 0 saturated carbocycles. The Morgan fingerprint density at radius 2 is 2.00 bits per heavy atom. The van der Waals surface area contributed by atoms with Crippen molar-refractivity contribution in [1.29, 1.82) is 0 Å². The third kappa shape index (κ3) is 5.20. The van der Waals surface area contributed by atoms with E-state index < -0.39 is 30.5 Å². The topological polar surface area (TPSA) is 117 Å². The summed E-state index contributed by atoms with van der Waals surface area (Å²) < 4.78 is 37.3. The van der Waals surface area contributed by atoms with E-state index in [2.05, 4.69) is 20.5 Å². The van der Waals surface area contributed by atoms with Crippen LogP contribution in [-0.2, 0) is 16.1 Å². The number of hydrogen-bond donors (Lipinski definition) is 3. The third-order valence-electron chi connectivity index (χ3n) is 4.09. The molecule has 28 heavy (non-hydrogen) atoms. The number of alkyl halides is 3. The first kappa shape index (κ1) is 21.6. The highest BCUT2D eigenvalue weighted by Crippen LogP contribution is 2.25. The Morgan fingerprint density at radius 1 is 1.32 bits per heavy atom. The Bertz CT molecular complexity index is 840. The number of likely N-dealkylation sites (tertiary alicyclic amines) is 1. The normalized spacial score (nSPS) is 16.8. The number of rotatable bonds is 5. The number of nitrogens with zero attached hydrogens (tertiary/aromatic N) is 3. The molecule has 8 nitrogen and oxygen atoms in total. The van der Waals surface area contributed by atoms with Gasteiger partial charge in [0.2, 0.25) is 11.8 Å². The number of benzene rings is 1. The van der Waals surface area contributed by atoms with Crippen LogP contribution in [0.25, 0.3) is 11.4 Å². The monoisotopic (exact) mass is 418 g/mol. The van der Waals surface area contributed by atoms with Gasteiger partial charge in [-0.25, -0.2) is 4.98 Å². The molecule has 1 aliphatic rings. The maximum Gasteiger partial charge on any atom is 0.406 e. The van der Waals surface area contributed by atoms with Crippen LogP contribution in [0.5, 0.6) is 0 Å². The van der Waals surface area contributed by atoms with E-state index >= 15 is 0 Å². The number of nitrogens with two attached hydrogens (primary N) is 1. The van der Waals surface area contributed by atoms with E-state index in [1.54, 1.807) is 24.3 Å². The summed E-state index contributed by atoms with van der Waals surface area (Å²) in [6.45, 7) is -1.36. The Balaban J connectivity index is 0.00000280. The van der Waals surface area contributed by atoms with Crippen LogP contribution in [0.3, 0.4) is 0 Å². The van der Waals surface area contributed by atoms with E-state index in [0.717, 1.165) is 0 Å². The van der Waals surface area contributed by atoms with Crippen molar-refractivity contribution >= 4 is 29.9 Å². The van der Waals surface area contributed by atoms with Gasteiger partial charge in [-0.05, 0) is 24.3 Å². The molecule has 2 aromatic rings. The lowest BCUT2D eigenvalue weighted by molar-refractivity contribution is -0.157. The van der Waals surface area contributed by atoms with Crippen LogP contribution in [0.15, 0.2) is 24.3 Å². The van der Waals surface area contributed by atoms with Gasteiger partial charge >= 0.3 is 6.18 Å². The van der Waals surface area contributed by atoms with Crippen molar-refractivity contribution in [2.45, 2.75) is 19.1 Å². The molecular weight excluding hydrogens is 401 g/mol. The molecule has 1 aromatic heterocycles. The lowest BCUT2D eigenvalue weighted by Crippen LogP contribution is -2.36. The van der Waals surface area contributed by atoms with Crippen LogP contribution < -0.4 is 11.1 Å². The summed E-state index contributed by atoms with van der Waals surface area (Å²) in [5.74, 6) is -0.999. The zero-order valence-corrected chi connectivity index (χ0v) is 15.3. The number of anilines is 1. The van der Waals surface area contributed by atoms with Gasteiger partial charge in [0.1, 0.15) is 12.4 Å². The molecule has 4 N–H and O–H groups in total. The molecule has 0 aliphatic carbocycles. The first-order valence-corrected chi connectivity index (χ1v) is 8.12. The van der Waals surface area contributed by atoms with Gasteiger partial charge in [0.05, 0.1) is 12.5 Å². The van der Waals surface area contributed by atoms with Crippen molar-refractivity contribution < 1.29 is 22.8 Å². The molecule has 3 rings (SSSR count). The second-order valence-electron chi connectivity index (χ2n) is 6.17. The molecule has 2 heterocycles. The molecule has 1 aromatic carbocycles. The van der Waals surface area contributed by atoms with Gasteiger partial charge in [-0.2, -0.15) is 18.3 Å². The lowest BCUT2D eigenvalue weighted by atomic mass is 10.1. The second-order valence-corrected chi connectivity index (χ2v) is 6.17. The van der Waals surface area contributed by atoms with Crippen molar-refractivity contribution in [1.82, 2.24) is 20.1 Å². The molecule has 0 bridgehead atoms. The molecule has 1 aliphatic heterocycles. The summed E-state index contributed by atoms with van der Waals surface area (Å²) in [5.41, 5.74) is 6.63. The highest BCUT2D eigenvalue weighted by atomic mass is 35.5. The van der Waals surface area contributed by atoms with E-state index in [9.17, 15) is 22.8 Å². The van der Waals surface area contributed by atoms with Crippen molar-refractivity contribution in [2.75, 3.05) is 18.4 Å². The van der Waals surface area contributed by atoms with E-state index in [4.69, 9.17) is 5.73 Å². The Kier molecular flexibility index (Phi) is 6.62. The molecule has 152 valence electrons. The van der Waals surface area contributed by atoms with Crippen molar-refractivity contribution in [2.24, 2.45) is 11.7 Å². The Morgan fingerprint density at radius 3 is 2.57 bits per heavy atom. The van der Waals surface area contributed by atoms with E-state index in [1.165, 1.54) is 0 Å². The number of carbonyl (C=O) groups is 2. The Labute approximate surface area is 164 Å². The number of nitrogens with one attached hydrogen (secondary N) is 2. The highest BCUT2D eigenvalue weighted by Gasteiger charge is 2.40. The van der Waals surface area contributed by atoms with Crippen molar-refractivity contribution in [3.63, 3.8) is 0 Å². The molecule has 12 heteroatoms. The predicted molar refractivity (Wildman–Crippen MR) is 96.3 cm³/mol. The van der Waals surface area contributed by atoms with Gasteiger partial charge in [0, 0.05) is 24.2 Å². The van der Waals surface area contributed by atoms with E-state index in [-0.39, 0.29) is 31.9 Å². The first-order valence-electron chi connectivity index (χ1n) is 8.12.